The Hall–Kier alpha value is -2.85. The number of nitrogens with one attached hydrogen (secondary N) is 1. The second kappa shape index (κ2) is 7.58. The fraction of sp³-hybridized carbons (Fsp3) is 0.211. The van der Waals surface area contributed by atoms with Crippen molar-refractivity contribution >= 4 is 28.9 Å². The molecule has 0 spiro atoms. The van der Waals surface area contributed by atoms with Crippen LogP contribution in [-0.4, -0.2) is 27.9 Å². The molecule has 2 heterocycles. The van der Waals surface area contributed by atoms with Gasteiger partial charge in [0.05, 0.1) is 12.2 Å². The topological polar surface area (TPSA) is 70.2 Å². The van der Waals surface area contributed by atoms with Gasteiger partial charge in [-0.05, 0) is 43.7 Å². The van der Waals surface area contributed by atoms with E-state index in [1.807, 2.05) is 26.0 Å². The first kappa shape index (κ1) is 18.0. The molecule has 0 saturated carbocycles. The Balaban J connectivity index is 1.95. The molecule has 26 heavy (non-hydrogen) atoms. The number of benzene rings is 1. The predicted octanol–water partition coefficient (Wildman–Crippen LogP) is 3.36. The second-order valence-corrected chi connectivity index (χ2v) is 6.86. The smallest absolute Gasteiger partial charge is 0.267 e. The van der Waals surface area contributed by atoms with Crippen molar-refractivity contribution in [3.8, 4) is 11.8 Å². The first-order valence-corrected chi connectivity index (χ1v) is 9.04. The molecule has 1 amide bonds. The molecule has 0 bridgehead atoms. The summed E-state index contributed by atoms with van der Waals surface area (Å²) in [6, 6.07) is 10.3. The summed E-state index contributed by atoms with van der Waals surface area (Å²) in [6.07, 6.45) is 1.52. The SMILES string of the molecule is Cc1cc(C=C(C#N)C(=O)NC2=NCCS2)c(C)n1-c1ccccc1F. The summed E-state index contributed by atoms with van der Waals surface area (Å²) in [6.45, 7) is 4.34. The number of amidine groups is 1. The maximum Gasteiger partial charge on any atom is 0.267 e. The zero-order chi connectivity index (χ0) is 18.7. The van der Waals surface area contributed by atoms with Crippen molar-refractivity contribution in [2.24, 2.45) is 4.99 Å². The Morgan fingerprint density at radius 2 is 2.19 bits per heavy atom. The maximum absolute atomic E-state index is 14.2. The number of nitriles is 1. The van der Waals surface area contributed by atoms with Crippen molar-refractivity contribution in [1.82, 2.24) is 9.88 Å². The molecule has 0 atom stereocenters. The average Bonchev–Trinajstić information content (AvgIpc) is 3.22. The van der Waals surface area contributed by atoms with Gasteiger partial charge in [0, 0.05) is 17.1 Å². The number of amides is 1. The monoisotopic (exact) mass is 368 g/mol. The number of halogens is 1. The summed E-state index contributed by atoms with van der Waals surface area (Å²) in [5.41, 5.74) is 2.67. The highest BCUT2D eigenvalue weighted by Gasteiger charge is 2.17. The number of hydrogen-bond donors (Lipinski definition) is 1. The van der Waals surface area contributed by atoms with E-state index in [0.717, 1.165) is 17.1 Å². The van der Waals surface area contributed by atoms with Gasteiger partial charge in [0.2, 0.25) is 0 Å². The molecule has 2 aromatic rings. The van der Waals surface area contributed by atoms with Gasteiger partial charge in [-0.15, -0.1) is 0 Å². The molecule has 0 fully saturated rings. The van der Waals surface area contributed by atoms with Crippen LogP contribution in [0.3, 0.4) is 0 Å². The zero-order valence-electron chi connectivity index (χ0n) is 14.4. The minimum atomic E-state index is -0.489. The van der Waals surface area contributed by atoms with E-state index in [-0.39, 0.29) is 11.4 Å². The highest BCUT2D eigenvalue weighted by atomic mass is 32.2. The van der Waals surface area contributed by atoms with E-state index >= 15 is 0 Å². The molecular formula is C19H17FN4OS. The molecule has 1 aliphatic heterocycles. The Morgan fingerprint density at radius 1 is 1.42 bits per heavy atom. The molecule has 0 radical (unpaired) electrons. The van der Waals surface area contributed by atoms with E-state index in [2.05, 4.69) is 10.3 Å². The highest BCUT2D eigenvalue weighted by Crippen LogP contribution is 2.24. The first-order chi connectivity index (χ1) is 12.5. The van der Waals surface area contributed by atoms with Gasteiger partial charge in [-0.2, -0.15) is 5.26 Å². The molecule has 7 heteroatoms. The zero-order valence-corrected chi connectivity index (χ0v) is 15.2. The van der Waals surface area contributed by atoms with Crippen molar-refractivity contribution in [1.29, 1.82) is 5.26 Å². The van der Waals surface area contributed by atoms with Gasteiger partial charge in [0.25, 0.3) is 5.91 Å². The standard InChI is InChI=1S/C19H17FN4OS/c1-12-9-14(13(2)24(12)17-6-4-3-5-16(17)20)10-15(11-21)18(25)23-19-22-7-8-26-19/h3-6,9-10H,7-8H2,1-2H3,(H,22,23,25). The molecule has 1 aromatic carbocycles. The maximum atomic E-state index is 14.2. The third-order valence-electron chi connectivity index (χ3n) is 4.03. The Kier molecular flexibility index (Phi) is 5.24. The summed E-state index contributed by atoms with van der Waals surface area (Å²) in [5.74, 6) is 0.000981. The van der Waals surface area contributed by atoms with Crippen LogP contribution in [-0.2, 0) is 4.79 Å². The number of thioether (sulfide) groups is 1. The number of carbonyl (C=O) groups excluding carboxylic acids is 1. The lowest BCUT2D eigenvalue weighted by Crippen LogP contribution is -2.28. The minimum Gasteiger partial charge on any atom is -0.315 e. The van der Waals surface area contributed by atoms with Crippen molar-refractivity contribution in [3.05, 3.63) is 58.7 Å². The van der Waals surface area contributed by atoms with Crippen LogP contribution >= 0.6 is 11.8 Å². The van der Waals surface area contributed by atoms with Crippen LogP contribution in [0.5, 0.6) is 0 Å². The van der Waals surface area contributed by atoms with Gasteiger partial charge in [-0.1, -0.05) is 23.9 Å². The Bertz CT molecular complexity index is 968. The molecule has 132 valence electrons. The van der Waals surface area contributed by atoms with Gasteiger partial charge in [0.1, 0.15) is 17.5 Å². The summed E-state index contributed by atoms with van der Waals surface area (Å²) < 4.78 is 15.9. The molecule has 3 rings (SSSR count). The van der Waals surface area contributed by atoms with Crippen LogP contribution in [0.25, 0.3) is 11.8 Å². The normalized spacial score (nSPS) is 14.1. The summed E-state index contributed by atoms with van der Waals surface area (Å²) in [7, 11) is 0. The number of hydrogen-bond acceptors (Lipinski definition) is 4. The minimum absolute atomic E-state index is 0.0195. The quantitative estimate of drug-likeness (QED) is 0.667. The van der Waals surface area contributed by atoms with E-state index in [0.29, 0.717) is 23.0 Å². The van der Waals surface area contributed by atoms with Crippen LogP contribution < -0.4 is 5.32 Å². The second-order valence-electron chi connectivity index (χ2n) is 5.77. The molecule has 0 aliphatic carbocycles. The van der Waals surface area contributed by atoms with Crippen LogP contribution in [0.15, 0.2) is 40.9 Å². The highest BCUT2D eigenvalue weighted by molar-refractivity contribution is 8.14. The molecule has 5 nitrogen and oxygen atoms in total. The largest absolute Gasteiger partial charge is 0.315 e. The average molecular weight is 368 g/mol. The first-order valence-electron chi connectivity index (χ1n) is 8.05. The number of carbonyl (C=O) groups is 1. The number of para-hydroxylation sites is 1. The van der Waals surface area contributed by atoms with Crippen LogP contribution in [0.4, 0.5) is 4.39 Å². The van der Waals surface area contributed by atoms with Gasteiger partial charge in [0.15, 0.2) is 5.17 Å². The van der Waals surface area contributed by atoms with Gasteiger partial charge in [-0.3, -0.25) is 9.79 Å². The fourth-order valence-corrected chi connectivity index (χ4v) is 3.54. The number of aryl methyl sites for hydroxylation is 1. The Labute approximate surface area is 155 Å². The van der Waals surface area contributed by atoms with Crippen LogP contribution in [0.2, 0.25) is 0 Å². The van der Waals surface area contributed by atoms with E-state index < -0.39 is 5.91 Å². The lowest BCUT2D eigenvalue weighted by Gasteiger charge is -2.10. The lowest BCUT2D eigenvalue weighted by atomic mass is 10.1. The fourth-order valence-electron chi connectivity index (χ4n) is 2.82. The lowest BCUT2D eigenvalue weighted by molar-refractivity contribution is -0.115. The van der Waals surface area contributed by atoms with Crippen LogP contribution in [0, 0.1) is 31.0 Å². The van der Waals surface area contributed by atoms with E-state index in [4.69, 9.17) is 0 Å². The van der Waals surface area contributed by atoms with Gasteiger partial charge >= 0.3 is 0 Å². The number of aliphatic imine (C=N–C) groups is 1. The van der Waals surface area contributed by atoms with Crippen molar-refractivity contribution in [2.45, 2.75) is 13.8 Å². The van der Waals surface area contributed by atoms with E-state index in [1.54, 1.807) is 22.8 Å². The van der Waals surface area contributed by atoms with E-state index in [1.165, 1.54) is 23.9 Å². The summed E-state index contributed by atoms with van der Waals surface area (Å²) >= 11 is 1.45. The molecular weight excluding hydrogens is 351 g/mol. The van der Waals surface area contributed by atoms with Gasteiger partial charge in [-0.25, -0.2) is 4.39 Å². The Morgan fingerprint density at radius 3 is 2.85 bits per heavy atom. The van der Waals surface area contributed by atoms with Gasteiger partial charge < -0.3 is 9.88 Å². The molecule has 0 saturated heterocycles. The predicted molar refractivity (Wildman–Crippen MR) is 102 cm³/mol. The third-order valence-corrected chi connectivity index (χ3v) is 4.93. The van der Waals surface area contributed by atoms with E-state index in [9.17, 15) is 14.4 Å². The summed E-state index contributed by atoms with van der Waals surface area (Å²) in [4.78, 5) is 16.4. The number of rotatable bonds is 3. The van der Waals surface area contributed by atoms with Crippen molar-refractivity contribution in [2.75, 3.05) is 12.3 Å². The molecule has 1 aliphatic rings. The molecule has 1 aromatic heterocycles. The third kappa shape index (κ3) is 3.55. The molecule has 1 N–H and O–H groups in total. The summed E-state index contributed by atoms with van der Waals surface area (Å²) in [5, 5.41) is 12.6. The van der Waals surface area contributed by atoms with Crippen LogP contribution in [0.1, 0.15) is 17.0 Å². The molecule has 0 unspecified atom stereocenters. The van der Waals surface area contributed by atoms with Crippen molar-refractivity contribution in [3.63, 3.8) is 0 Å². The number of aromatic nitrogens is 1. The number of nitrogens with zero attached hydrogens (tertiary/aromatic N) is 3. The van der Waals surface area contributed by atoms with Crippen molar-refractivity contribution < 1.29 is 9.18 Å².